The van der Waals surface area contributed by atoms with Crippen molar-refractivity contribution in [3.63, 3.8) is 0 Å². The second-order valence-corrected chi connectivity index (χ2v) is 8.30. The van der Waals surface area contributed by atoms with Crippen molar-refractivity contribution in [2.45, 2.75) is 38.5 Å². The summed E-state index contributed by atoms with van der Waals surface area (Å²) in [4.78, 5) is 4.62. The third-order valence-corrected chi connectivity index (χ3v) is 6.36. The van der Waals surface area contributed by atoms with Crippen LogP contribution in [-0.2, 0) is 10.0 Å². The van der Waals surface area contributed by atoms with Crippen LogP contribution in [0, 0.1) is 20.8 Å². The van der Waals surface area contributed by atoms with Crippen molar-refractivity contribution in [3.05, 3.63) is 82.9 Å². The Kier molecular flexibility index (Phi) is 4.52. The van der Waals surface area contributed by atoms with Gasteiger partial charge in [-0.1, -0.05) is 42.8 Å². The summed E-state index contributed by atoms with van der Waals surface area (Å²) >= 11 is 0. The highest BCUT2D eigenvalue weighted by atomic mass is 32.2. The lowest BCUT2D eigenvalue weighted by atomic mass is 9.92. The molecule has 130 valence electrons. The fraction of sp³-hybridized carbons (Fsp3) is 0.250. The molecule has 0 bridgehead atoms. The van der Waals surface area contributed by atoms with Gasteiger partial charge >= 0.3 is 0 Å². The molecular weight excluding hydrogens is 332 g/mol. The predicted molar refractivity (Wildman–Crippen MR) is 99.4 cm³/mol. The van der Waals surface area contributed by atoms with Crippen LogP contribution < -0.4 is 0 Å². The first kappa shape index (κ1) is 17.4. The summed E-state index contributed by atoms with van der Waals surface area (Å²) < 4.78 is 26.7. The molecule has 3 rings (SSSR count). The smallest absolute Gasteiger partial charge is 0.240 e. The molecule has 4 nitrogen and oxygen atoms in total. The van der Waals surface area contributed by atoms with Gasteiger partial charge in [0.1, 0.15) is 6.33 Å². The van der Waals surface area contributed by atoms with Crippen LogP contribution in [0.3, 0.4) is 0 Å². The van der Waals surface area contributed by atoms with E-state index in [-0.39, 0.29) is 10.8 Å². The molecule has 1 unspecified atom stereocenters. The molecule has 0 N–H and O–H groups in total. The van der Waals surface area contributed by atoms with Gasteiger partial charge < -0.3 is 0 Å². The second-order valence-electron chi connectivity index (χ2n) is 6.46. The number of aryl methyl sites for hydroxylation is 2. The maximum absolute atomic E-state index is 12.8. The highest BCUT2D eigenvalue weighted by Crippen LogP contribution is 2.28. The van der Waals surface area contributed by atoms with E-state index >= 15 is 0 Å². The Morgan fingerprint density at radius 2 is 1.68 bits per heavy atom. The van der Waals surface area contributed by atoms with Gasteiger partial charge in [-0.2, -0.15) is 0 Å². The van der Waals surface area contributed by atoms with Gasteiger partial charge in [0.05, 0.1) is 10.6 Å². The minimum Gasteiger partial charge on any atom is -0.240 e. The molecule has 1 aromatic heterocycles. The van der Waals surface area contributed by atoms with Gasteiger partial charge in [-0.25, -0.2) is 17.4 Å². The molecule has 0 radical (unpaired) electrons. The molecule has 1 atom stereocenters. The Balaban J connectivity index is 1.97. The van der Waals surface area contributed by atoms with Crippen LogP contribution >= 0.6 is 0 Å². The molecule has 2 aromatic carbocycles. The monoisotopic (exact) mass is 354 g/mol. The predicted octanol–water partition coefficient (Wildman–Crippen LogP) is 4.20. The van der Waals surface area contributed by atoms with E-state index in [0.29, 0.717) is 0 Å². The Morgan fingerprint density at radius 3 is 2.36 bits per heavy atom. The molecule has 0 spiro atoms. The van der Waals surface area contributed by atoms with E-state index in [1.54, 1.807) is 30.5 Å². The molecule has 0 fully saturated rings. The molecule has 0 amide bonds. The molecule has 5 heteroatoms. The number of imidazole rings is 1. The Bertz CT molecular complexity index is 1000. The van der Waals surface area contributed by atoms with E-state index in [1.807, 2.05) is 19.9 Å². The maximum atomic E-state index is 12.8. The first-order valence-electron chi connectivity index (χ1n) is 8.23. The van der Waals surface area contributed by atoms with E-state index in [1.165, 1.54) is 21.4 Å². The highest BCUT2D eigenvalue weighted by Gasteiger charge is 2.20. The SMILES string of the molecule is Cc1ccc(S(=O)(=O)n2cnc(C(C)c3cccc(C)c3C)c2)cc1. The van der Waals surface area contributed by atoms with Crippen LogP contribution in [0.25, 0.3) is 0 Å². The van der Waals surface area contributed by atoms with E-state index in [0.717, 1.165) is 16.8 Å². The Labute approximate surface area is 149 Å². The van der Waals surface area contributed by atoms with Crippen molar-refractivity contribution in [2.75, 3.05) is 0 Å². The quantitative estimate of drug-likeness (QED) is 0.706. The van der Waals surface area contributed by atoms with Crippen molar-refractivity contribution >= 4 is 10.0 Å². The van der Waals surface area contributed by atoms with Gasteiger partial charge in [0.15, 0.2) is 0 Å². The van der Waals surface area contributed by atoms with E-state index in [9.17, 15) is 8.42 Å². The van der Waals surface area contributed by atoms with E-state index in [4.69, 9.17) is 0 Å². The van der Waals surface area contributed by atoms with Gasteiger partial charge in [0.2, 0.25) is 0 Å². The molecule has 0 saturated heterocycles. The average molecular weight is 354 g/mol. The minimum absolute atomic E-state index is 0.0226. The lowest BCUT2D eigenvalue weighted by Crippen LogP contribution is -2.11. The standard InChI is InChI=1S/C20H22N2O2S/c1-14-8-10-18(11-9-14)25(23,24)22-12-20(21-13-22)17(4)19-7-5-6-15(2)16(19)3/h5-13,17H,1-4H3. The third kappa shape index (κ3) is 3.24. The third-order valence-electron chi connectivity index (χ3n) is 4.73. The van der Waals surface area contributed by atoms with Crippen LogP contribution in [0.15, 0.2) is 59.9 Å². The van der Waals surface area contributed by atoms with Gasteiger partial charge in [-0.3, -0.25) is 0 Å². The lowest BCUT2D eigenvalue weighted by molar-refractivity contribution is 0.587. The first-order valence-corrected chi connectivity index (χ1v) is 9.67. The molecule has 0 aliphatic heterocycles. The topological polar surface area (TPSA) is 52.0 Å². The van der Waals surface area contributed by atoms with Crippen molar-refractivity contribution in [1.29, 1.82) is 0 Å². The summed E-state index contributed by atoms with van der Waals surface area (Å²) in [7, 11) is -3.61. The zero-order chi connectivity index (χ0) is 18.2. The molecule has 1 heterocycles. The molecule has 0 aliphatic carbocycles. The van der Waals surface area contributed by atoms with Gasteiger partial charge in [-0.15, -0.1) is 0 Å². The van der Waals surface area contributed by atoms with Crippen molar-refractivity contribution in [1.82, 2.24) is 8.96 Å². The summed E-state index contributed by atoms with van der Waals surface area (Å²) in [6, 6.07) is 13.0. The van der Waals surface area contributed by atoms with Crippen molar-refractivity contribution in [3.8, 4) is 0 Å². The number of hydrogen-bond acceptors (Lipinski definition) is 3. The summed E-state index contributed by atoms with van der Waals surface area (Å²) in [6.45, 7) is 8.14. The zero-order valence-electron chi connectivity index (χ0n) is 14.9. The summed E-state index contributed by atoms with van der Waals surface area (Å²) in [5, 5.41) is 0. The van der Waals surface area contributed by atoms with Gasteiger partial charge in [-0.05, 0) is 49.6 Å². The number of nitrogens with zero attached hydrogens (tertiary/aromatic N) is 2. The molecular formula is C20H22N2O2S. The van der Waals surface area contributed by atoms with E-state index < -0.39 is 10.0 Å². The van der Waals surface area contributed by atoms with Crippen LogP contribution in [0.1, 0.15) is 40.8 Å². The second kappa shape index (κ2) is 6.48. The summed E-state index contributed by atoms with van der Waals surface area (Å²) in [5.41, 5.74) is 5.36. The van der Waals surface area contributed by atoms with Crippen molar-refractivity contribution in [2.24, 2.45) is 0 Å². The Morgan fingerprint density at radius 1 is 1.00 bits per heavy atom. The fourth-order valence-electron chi connectivity index (χ4n) is 2.91. The van der Waals surface area contributed by atoms with Gasteiger partial charge in [0, 0.05) is 12.1 Å². The molecule has 25 heavy (non-hydrogen) atoms. The minimum atomic E-state index is -3.61. The number of aromatic nitrogens is 2. The number of rotatable bonds is 4. The van der Waals surface area contributed by atoms with Crippen LogP contribution in [-0.4, -0.2) is 17.4 Å². The van der Waals surface area contributed by atoms with Gasteiger partial charge in [0.25, 0.3) is 10.0 Å². The van der Waals surface area contributed by atoms with Crippen LogP contribution in [0.2, 0.25) is 0 Å². The zero-order valence-corrected chi connectivity index (χ0v) is 15.7. The highest BCUT2D eigenvalue weighted by molar-refractivity contribution is 7.90. The molecule has 3 aromatic rings. The van der Waals surface area contributed by atoms with Crippen LogP contribution in [0.4, 0.5) is 0 Å². The lowest BCUT2D eigenvalue weighted by Gasteiger charge is -2.14. The average Bonchev–Trinajstić information content (AvgIpc) is 3.08. The van der Waals surface area contributed by atoms with Crippen LogP contribution in [0.5, 0.6) is 0 Å². The largest absolute Gasteiger partial charge is 0.268 e. The summed E-state index contributed by atoms with van der Waals surface area (Å²) in [5.74, 6) is 0.0226. The normalized spacial score (nSPS) is 13.0. The first-order chi connectivity index (χ1) is 11.8. The fourth-order valence-corrected chi connectivity index (χ4v) is 4.05. The van der Waals surface area contributed by atoms with E-state index in [2.05, 4.69) is 31.0 Å². The Hall–Kier alpha value is -2.40. The molecule has 0 aliphatic rings. The summed E-state index contributed by atoms with van der Waals surface area (Å²) in [6.07, 6.45) is 2.99. The number of hydrogen-bond donors (Lipinski definition) is 0. The maximum Gasteiger partial charge on any atom is 0.268 e. The van der Waals surface area contributed by atoms with Crippen molar-refractivity contribution < 1.29 is 8.42 Å². The molecule has 0 saturated carbocycles. The number of benzene rings is 2.